The lowest BCUT2D eigenvalue weighted by molar-refractivity contribution is 0.0939. The second kappa shape index (κ2) is 12.5. The molecule has 4 rings (SSSR count). The van der Waals surface area contributed by atoms with Crippen molar-refractivity contribution in [3.8, 4) is 6.07 Å². The fourth-order valence-corrected chi connectivity index (χ4v) is 6.73. The summed E-state index contributed by atoms with van der Waals surface area (Å²) in [5.41, 5.74) is 3.85. The van der Waals surface area contributed by atoms with Crippen LogP contribution in [0.15, 0.2) is 29.2 Å². The zero-order valence-corrected chi connectivity index (χ0v) is 26.0. The maximum atomic E-state index is 14.0. The normalized spacial score (nSPS) is 18.4. The van der Waals surface area contributed by atoms with Gasteiger partial charge in [0.05, 0.1) is 17.3 Å². The molecule has 39 heavy (non-hydrogen) atoms. The van der Waals surface area contributed by atoms with Crippen molar-refractivity contribution in [2.24, 2.45) is 0 Å². The van der Waals surface area contributed by atoms with Gasteiger partial charge in [-0.1, -0.05) is 37.5 Å². The number of piperidine rings is 1. The lowest BCUT2D eigenvalue weighted by Crippen LogP contribution is -2.39. The summed E-state index contributed by atoms with van der Waals surface area (Å²) in [6.45, 7) is 8.05. The predicted molar refractivity (Wildman–Crippen MR) is 166 cm³/mol. The van der Waals surface area contributed by atoms with Crippen LogP contribution in [-0.2, 0) is 4.90 Å². The molecule has 7 nitrogen and oxygen atoms in total. The topological polar surface area (TPSA) is 90.2 Å². The Kier molecular flexibility index (Phi) is 9.53. The minimum Gasteiger partial charge on any atom is -0.380 e. The van der Waals surface area contributed by atoms with Gasteiger partial charge in [-0.3, -0.25) is 9.59 Å². The van der Waals surface area contributed by atoms with Crippen LogP contribution in [0, 0.1) is 18.3 Å². The van der Waals surface area contributed by atoms with E-state index in [9.17, 15) is 14.9 Å². The van der Waals surface area contributed by atoms with Gasteiger partial charge >= 0.3 is 0 Å². The number of nitrogens with zero attached hydrogens (tertiary/aromatic N) is 3. The first-order valence-electron chi connectivity index (χ1n) is 14.1. The van der Waals surface area contributed by atoms with E-state index in [1.807, 2.05) is 19.1 Å². The number of amides is 1. The Morgan fingerprint density at radius 1 is 1.15 bits per heavy atom. The second-order valence-corrected chi connectivity index (χ2v) is 14.7. The summed E-state index contributed by atoms with van der Waals surface area (Å²) in [7, 11) is 7.82. The average Bonchev–Trinajstić information content (AvgIpc) is 2.90. The zero-order valence-electron chi connectivity index (χ0n) is 23.7. The summed E-state index contributed by atoms with van der Waals surface area (Å²) >= 11 is 0. The van der Waals surface area contributed by atoms with Gasteiger partial charge < -0.3 is 20.1 Å². The number of benzene rings is 1. The maximum absolute atomic E-state index is 14.0. The molecule has 1 aromatic heterocycles. The molecular formula is C30H43N5O2P2. The van der Waals surface area contributed by atoms with Gasteiger partial charge in [-0.2, -0.15) is 5.26 Å². The lowest BCUT2D eigenvalue weighted by Gasteiger charge is -2.32. The van der Waals surface area contributed by atoms with Crippen molar-refractivity contribution in [2.75, 3.05) is 25.5 Å². The molecule has 0 radical (unpaired) electrons. The Morgan fingerprint density at radius 3 is 2.44 bits per heavy atom. The summed E-state index contributed by atoms with van der Waals surface area (Å²) in [5.74, 6) is -0.275. The fraction of sp³-hybridized carbons (Fsp3) is 0.567. The molecule has 1 saturated heterocycles. The molecule has 2 aromatic rings. The van der Waals surface area contributed by atoms with Gasteiger partial charge in [0.2, 0.25) is 0 Å². The second-order valence-electron chi connectivity index (χ2n) is 11.6. The Hall–Kier alpha value is -2.25. The zero-order chi connectivity index (χ0) is 28.3. The standard InChI is InChI=1S/C30H43N5O2P2/c1-19-23(11-8-12-26(19)30(3,38)39)20(2)32-28(36)25-18-35(22-9-6-5-7-10-22)29(37)24(17-31)27(25)33-21-13-15-34(4)16-14-21/h8,11-12,18,20-22,33H,5-7,9-10,13-16,38-39H2,1-4H3,(H,32,36)/t20-/m1/s1. The van der Waals surface area contributed by atoms with Crippen molar-refractivity contribution < 1.29 is 4.79 Å². The number of hydrogen-bond acceptors (Lipinski definition) is 5. The third kappa shape index (κ3) is 6.74. The smallest absolute Gasteiger partial charge is 0.270 e. The number of pyridine rings is 1. The first-order valence-corrected chi connectivity index (χ1v) is 15.3. The summed E-state index contributed by atoms with van der Waals surface area (Å²) in [6, 6.07) is 8.20. The number of aromatic nitrogens is 1. The number of rotatable bonds is 7. The molecule has 210 valence electrons. The molecule has 2 unspecified atom stereocenters. The molecule has 1 amide bonds. The van der Waals surface area contributed by atoms with Gasteiger partial charge in [0.1, 0.15) is 11.6 Å². The maximum Gasteiger partial charge on any atom is 0.270 e. The van der Waals surface area contributed by atoms with Gasteiger partial charge in [0, 0.05) is 23.2 Å². The van der Waals surface area contributed by atoms with Gasteiger partial charge in [-0.05, 0) is 83.3 Å². The molecule has 3 atom stereocenters. The van der Waals surface area contributed by atoms with Crippen molar-refractivity contribution in [2.45, 2.75) is 88.7 Å². The van der Waals surface area contributed by atoms with Crippen LogP contribution in [0.25, 0.3) is 0 Å². The van der Waals surface area contributed by atoms with Crippen LogP contribution in [0.3, 0.4) is 0 Å². The molecular weight excluding hydrogens is 524 g/mol. The van der Waals surface area contributed by atoms with Crippen LogP contribution in [0.5, 0.6) is 0 Å². The van der Waals surface area contributed by atoms with Crippen LogP contribution in [0.4, 0.5) is 5.69 Å². The van der Waals surface area contributed by atoms with Crippen LogP contribution in [0.1, 0.15) is 103 Å². The number of carbonyl (C=O) groups is 1. The van der Waals surface area contributed by atoms with Gasteiger partial charge in [-0.15, -0.1) is 18.5 Å². The number of hydrogen-bond donors (Lipinski definition) is 2. The highest BCUT2D eigenvalue weighted by Crippen LogP contribution is 2.41. The summed E-state index contributed by atoms with van der Waals surface area (Å²) < 4.78 is 1.66. The molecule has 1 aromatic carbocycles. The van der Waals surface area contributed by atoms with Crippen molar-refractivity contribution in [1.29, 1.82) is 5.26 Å². The summed E-state index contributed by atoms with van der Waals surface area (Å²) in [6.07, 6.45) is 8.52. The number of nitriles is 1. The first kappa shape index (κ1) is 29.7. The third-order valence-electron chi connectivity index (χ3n) is 8.40. The summed E-state index contributed by atoms with van der Waals surface area (Å²) in [4.78, 5) is 29.6. The minimum atomic E-state index is -0.298. The molecule has 2 heterocycles. The molecule has 0 spiro atoms. The van der Waals surface area contributed by atoms with E-state index in [1.165, 1.54) is 5.56 Å². The highest BCUT2D eigenvalue weighted by molar-refractivity contribution is 7.38. The van der Waals surface area contributed by atoms with E-state index >= 15 is 0 Å². The summed E-state index contributed by atoms with van der Waals surface area (Å²) in [5, 5.41) is 16.8. The minimum absolute atomic E-state index is 0.0143. The molecule has 2 aliphatic rings. The van der Waals surface area contributed by atoms with E-state index in [0.29, 0.717) is 11.3 Å². The molecule has 0 bridgehead atoms. The number of anilines is 1. The molecule has 1 saturated carbocycles. The average molecular weight is 568 g/mol. The van der Waals surface area contributed by atoms with Crippen molar-refractivity contribution in [1.82, 2.24) is 14.8 Å². The fourth-order valence-electron chi connectivity index (χ4n) is 6.10. The van der Waals surface area contributed by atoms with E-state index in [1.54, 1.807) is 10.8 Å². The third-order valence-corrected chi connectivity index (χ3v) is 9.02. The van der Waals surface area contributed by atoms with E-state index in [-0.39, 0.29) is 40.1 Å². The van der Waals surface area contributed by atoms with Crippen LogP contribution in [0.2, 0.25) is 0 Å². The van der Waals surface area contributed by atoms with Crippen molar-refractivity contribution >= 4 is 30.1 Å². The van der Waals surface area contributed by atoms with E-state index in [0.717, 1.165) is 69.2 Å². The largest absolute Gasteiger partial charge is 0.380 e. The van der Waals surface area contributed by atoms with Gasteiger partial charge in [0.25, 0.3) is 11.5 Å². The molecule has 9 heteroatoms. The quantitative estimate of drug-likeness (QED) is 0.434. The highest BCUT2D eigenvalue weighted by Gasteiger charge is 2.28. The van der Waals surface area contributed by atoms with E-state index in [4.69, 9.17) is 0 Å². The molecule has 2 fully saturated rings. The molecule has 1 aliphatic heterocycles. The van der Waals surface area contributed by atoms with Crippen LogP contribution in [-0.4, -0.2) is 41.6 Å². The van der Waals surface area contributed by atoms with Crippen molar-refractivity contribution in [3.63, 3.8) is 0 Å². The SMILES string of the molecule is Cc1c([C@@H](C)NC(=O)c2cn(C3CCCCC3)c(=O)c(C#N)c2NC2CCN(C)CC2)cccc1C(C)(P)P. The predicted octanol–water partition coefficient (Wildman–Crippen LogP) is 5.45. The molecule has 2 N–H and O–H groups in total. The van der Waals surface area contributed by atoms with Gasteiger partial charge in [0.15, 0.2) is 0 Å². The van der Waals surface area contributed by atoms with Crippen molar-refractivity contribution in [3.05, 3.63) is 62.6 Å². The monoisotopic (exact) mass is 567 g/mol. The Morgan fingerprint density at radius 2 is 1.82 bits per heavy atom. The van der Waals surface area contributed by atoms with Gasteiger partial charge in [-0.25, -0.2) is 0 Å². The number of nitrogens with one attached hydrogen (secondary N) is 2. The Balaban J connectivity index is 1.73. The Bertz CT molecular complexity index is 1300. The highest BCUT2D eigenvalue weighted by atomic mass is 31.1. The first-order chi connectivity index (χ1) is 18.5. The van der Waals surface area contributed by atoms with E-state index in [2.05, 4.69) is 67.0 Å². The number of likely N-dealkylation sites (tertiary alicyclic amines) is 1. The molecule has 1 aliphatic carbocycles. The van der Waals surface area contributed by atoms with Crippen LogP contribution >= 0.6 is 18.5 Å². The van der Waals surface area contributed by atoms with Crippen LogP contribution < -0.4 is 16.2 Å². The Labute approximate surface area is 237 Å². The number of carbonyl (C=O) groups excluding carboxylic acids is 1. The van der Waals surface area contributed by atoms with E-state index < -0.39 is 0 Å². The lowest BCUT2D eigenvalue weighted by atomic mass is 9.94.